The lowest BCUT2D eigenvalue weighted by Crippen LogP contribution is -2.54. The molecule has 5 nitrogen and oxygen atoms in total. The molecule has 1 heterocycles. The van der Waals surface area contributed by atoms with Gasteiger partial charge in [-0.05, 0) is 24.6 Å². The van der Waals surface area contributed by atoms with Crippen molar-refractivity contribution in [3.05, 3.63) is 29.6 Å². The lowest BCUT2D eigenvalue weighted by molar-refractivity contribution is -0.141. The third-order valence-electron chi connectivity index (χ3n) is 4.42. The summed E-state index contributed by atoms with van der Waals surface area (Å²) in [5, 5.41) is 1.92. The lowest BCUT2D eigenvalue weighted by atomic mass is 10.1. The Labute approximate surface area is 149 Å². The molecule has 1 aromatic carbocycles. The lowest BCUT2D eigenvalue weighted by Gasteiger charge is -2.37. The molecule has 1 aliphatic rings. The average Bonchev–Trinajstić information content (AvgIpc) is 2.59. The van der Waals surface area contributed by atoms with Crippen LogP contribution in [0.5, 0.6) is 5.75 Å². The second-order valence-electron chi connectivity index (χ2n) is 6.29. The van der Waals surface area contributed by atoms with Gasteiger partial charge in [0, 0.05) is 32.7 Å². The van der Waals surface area contributed by atoms with Crippen LogP contribution in [-0.4, -0.2) is 67.8 Å². The van der Waals surface area contributed by atoms with Crippen molar-refractivity contribution in [2.45, 2.75) is 25.7 Å². The van der Waals surface area contributed by atoms with Crippen LogP contribution in [0, 0.1) is 5.82 Å². The fourth-order valence-electron chi connectivity index (χ4n) is 2.88. The number of halogens is 4. The number of carbonyl (C=O) groups is 1. The predicted molar refractivity (Wildman–Crippen MR) is 88.3 cm³/mol. The molecule has 1 amide bonds. The number of rotatable bonds is 6. The Morgan fingerprint density at radius 2 is 1.92 bits per heavy atom. The number of carbonyl (C=O) groups excluding carboxylic acids is 1. The van der Waals surface area contributed by atoms with Crippen molar-refractivity contribution in [1.29, 1.82) is 0 Å². The molecule has 0 bridgehead atoms. The van der Waals surface area contributed by atoms with Gasteiger partial charge in [0.25, 0.3) is 0 Å². The third kappa shape index (κ3) is 5.84. The van der Waals surface area contributed by atoms with E-state index in [1.54, 1.807) is 19.1 Å². The number of ether oxygens (including phenoxy) is 1. The monoisotopic (exact) mass is 377 g/mol. The number of amides is 1. The number of hydrogen-bond acceptors (Lipinski definition) is 4. The predicted octanol–water partition coefficient (Wildman–Crippen LogP) is 2.02. The second-order valence-corrected chi connectivity index (χ2v) is 6.29. The Morgan fingerprint density at radius 1 is 1.27 bits per heavy atom. The van der Waals surface area contributed by atoms with E-state index in [1.807, 2.05) is 10.2 Å². The molecule has 1 atom stereocenters. The minimum atomic E-state index is -4.41. The summed E-state index contributed by atoms with van der Waals surface area (Å²) in [7, 11) is 1.41. The fraction of sp³-hybridized carbons (Fsp3) is 0.588. The van der Waals surface area contributed by atoms with E-state index in [2.05, 4.69) is 4.90 Å². The molecule has 1 aromatic rings. The van der Waals surface area contributed by atoms with E-state index in [0.717, 1.165) is 5.56 Å². The van der Waals surface area contributed by atoms with Gasteiger partial charge in [-0.15, -0.1) is 0 Å². The van der Waals surface area contributed by atoms with E-state index >= 15 is 0 Å². The van der Waals surface area contributed by atoms with Crippen molar-refractivity contribution in [3.8, 4) is 5.75 Å². The van der Waals surface area contributed by atoms with Gasteiger partial charge in [0.2, 0.25) is 5.91 Å². The highest BCUT2D eigenvalue weighted by Crippen LogP contribution is 2.19. The molecule has 2 rings (SSSR count). The van der Waals surface area contributed by atoms with Gasteiger partial charge in [-0.25, -0.2) is 4.39 Å². The molecule has 0 aliphatic carbocycles. The average molecular weight is 377 g/mol. The molecule has 146 valence electrons. The highest BCUT2D eigenvalue weighted by atomic mass is 19.4. The maximum atomic E-state index is 13.7. The van der Waals surface area contributed by atoms with E-state index < -0.39 is 30.5 Å². The van der Waals surface area contributed by atoms with Crippen LogP contribution in [0.4, 0.5) is 17.6 Å². The van der Waals surface area contributed by atoms with E-state index in [4.69, 9.17) is 4.74 Å². The Bertz CT molecular complexity index is 617. The first-order valence-electron chi connectivity index (χ1n) is 8.33. The smallest absolute Gasteiger partial charge is 0.405 e. The van der Waals surface area contributed by atoms with Crippen LogP contribution in [0.15, 0.2) is 18.2 Å². The van der Waals surface area contributed by atoms with Gasteiger partial charge in [-0.1, -0.05) is 6.07 Å². The SMILES string of the molecule is COc1ccc(CN2CCN(C(C)C(=O)NCC(F)(F)F)CC2)cc1F. The van der Waals surface area contributed by atoms with Gasteiger partial charge in [0.05, 0.1) is 13.2 Å². The quantitative estimate of drug-likeness (QED) is 0.771. The van der Waals surface area contributed by atoms with Crippen molar-refractivity contribution >= 4 is 5.91 Å². The molecule has 1 fully saturated rings. The fourth-order valence-corrected chi connectivity index (χ4v) is 2.88. The highest BCUT2D eigenvalue weighted by Gasteiger charge is 2.31. The molecule has 1 aliphatic heterocycles. The summed E-state index contributed by atoms with van der Waals surface area (Å²) in [5.41, 5.74) is 0.813. The Hall–Kier alpha value is -1.87. The molecule has 0 aromatic heterocycles. The molecular formula is C17H23F4N3O2. The summed E-state index contributed by atoms with van der Waals surface area (Å²) in [6, 6.07) is 4.17. The van der Waals surface area contributed by atoms with Crippen LogP contribution in [0.2, 0.25) is 0 Å². The summed E-state index contributed by atoms with van der Waals surface area (Å²) >= 11 is 0. The molecule has 0 radical (unpaired) electrons. The largest absolute Gasteiger partial charge is 0.494 e. The molecule has 0 saturated carbocycles. The summed E-state index contributed by atoms with van der Waals surface area (Å²) < 4.78 is 55.2. The van der Waals surface area contributed by atoms with Crippen molar-refractivity contribution < 1.29 is 27.1 Å². The van der Waals surface area contributed by atoms with Gasteiger partial charge in [-0.3, -0.25) is 14.6 Å². The number of hydrogen-bond donors (Lipinski definition) is 1. The van der Waals surface area contributed by atoms with Crippen LogP contribution in [0.3, 0.4) is 0 Å². The molecule has 26 heavy (non-hydrogen) atoms. The van der Waals surface area contributed by atoms with Gasteiger partial charge >= 0.3 is 6.18 Å². The zero-order chi connectivity index (χ0) is 19.3. The normalized spacial score (nSPS) is 17.8. The first-order chi connectivity index (χ1) is 12.2. The van der Waals surface area contributed by atoms with E-state index in [0.29, 0.717) is 32.7 Å². The molecule has 1 N–H and O–H groups in total. The van der Waals surface area contributed by atoms with Crippen LogP contribution < -0.4 is 10.1 Å². The number of alkyl halides is 3. The minimum absolute atomic E-state index is 0.192. The zero-order valence-electron chi connectivity index (χ0n) is 14.8. The summed E-state index contributed by atoms with van der Waals surface area (Å²) in [6.07, 6.45) is -4.41. The number of nitrogens with zero attached hydrogens (tertiary/aromatic N) is 2. The number of methoxy groups -OCH3 is 1. The number of piperazine rings is 1. The second kappa shape index (κ2) is 8.68. The van der Waals surface area contributed by atoms with Crippen molar-refractivity contribution in [3.63, 3.8) is 0 Å². The van der Waals surface area contributed by atoms with E-state index in [9.17, 15) is 22.4 Å². The van der Waals surface area contributed by atoms with Crippen molar-refractivity contribution in [1.82, 2.24) is 15.1 Å². The Balaban J connectivity index is 1.81. The Morgan fingerprint density at radius 3 is 2.46 bits per heavy atom. The Kier molecular flexibility index (Phi) is 6.82. The van der Waals surface area contributed by atoms with Gasteiger partial charge < -0.3 is 10.1 Å². The van der Waals surface area contributed by atoms with Crippen LogP contribution in [0.1, 0.15) is 12.5 Å². The van der Waals surface area contributed by atoms with Crippen molar-refractivity contribution in [2.24, 2.45) is 0 Å². The summed E-state index contributed by atoms with van der Waals surface area (Å²) in [5.74, 6) is -0.858. The van der Waals surface area contributed by atoms with E-state index in [-0.39, 0.29) is 5.75 Å². The van der Waals surface area contributed by atoms with Crippen LogP contribution in [-0.2, 0) is 11.3 Å². The summed E-state index contributed by atoms with van der Waals surface area (Å²) in [4.78, 5) is 15.8. The topological polar surface area (TPSA) is 44.8 Å². The van der Waals surface area contributed by atoms with Gasteiger partial charge in [0.15, 0.2) is 11.6 Å². The summed E-state index contributed by atoms with van der Waals surface area (Å²) in [6.45, 7) is 3.23. The van der Waals surface area contributed by atoms with Gasteiger partial charge in [-0.2, -0.15) is 13.2 Å². The maximum absolute atomic E-state index is 13.7. The maximum Gasteiger partial charge on any atom is 0.405 e. The first kappa shape index (κ1) is 20.4. The first-order valence-corrected chi connectivity index (χ1v) is 8.33. The van der Waals surface area contributed by atoms with E-state index in [1.165, 1.54) is 13.2 Å². The molecule has 9 heteroatoms. The van der Waals surface area contributed by atoms with Crippen LogP contribution in [0.25, 0.3) is 0 Å². The van der Waals surface area contributed by atoms with Gasteiger partial charge in [0.1, 0.15) is 6.54 Å². The zero-order valence-corrected chi connectivity index (χ0v) is 14.8. The minimum Gasteiger partial charge on any atom is -0.494 e. The third-order valence-corrected chi connectivity index (χ3v) is 4.42. The highest BCUT2D eigenvalue weighted by molar-refractivity contribution is 5.81. The standard InChI is InChI=1S/C17H23F4N3O2/c1-12(16(25)22-11-17(19,20)21)24-7-5-23(6-8-24)10-13-3-4-15(26-2)14(18)9-13/h3-4,9,12H,5-8,10-11H2,1-2H3,(H,22,25). The molecular weight excluding hydrogens is 354 g/mol. The van der Waals surface area contributed by atoms with Crippen LogP contribution >= 0.6 is 0 Å². The molecule has 1 unspecified atom stereocenters. The number of nitrogens with one attached hydrogen (secondary N) is 1. The molecule has 1 saturated heterocycles. The number of benzene rings is 1. The van der Waals surface area contributed by atoms with Crippen molar-refractivity contribution in [2.75, 3.05) is 39.8 Å². The molecule has 0 spiro atoms.